The molecule has 2 aromatic carbocycles. The number of hydrogen-bond acceptors (Lipinski definition) is 2. The van der Waals surface area contributed by atoms with Crippen LogP contribution in [-0.2, 0) is 6.54 Å². The predicted octanol–water partition coefficient (Wildman–Crippen LogP) is 3.59. The van der Waals surface area contributed by atoms with E-state index >= 15 is 0 Å². The molecule has 3 aromatic rings. The van der Waals surface area contributed by atoms with Crippen LogP contribution < -0.4 is 5.73 Å². The molecule has 0 unspecified atom stereocenters. The van der Waals surface area contributed by atoms with Gasteiger partial charge < -0.3 is 10.7 Å². The first-order valence-electron chi connectivity index (χ1n) is 5.83. The van der Waals surface area contributed by atoms with E-state index in [0.717, 1.165) is 16.6 Å². The van der Waals surface area contributed by atoms with E-state index in [1.165, 1.54) is 6.07 Å². The topological polar surface area (TPSA) is 54.7 Å². The van der Waals surface area contributed by atoms with E-state index in [4.69, 9.17) is 5.73 Å². The van der Waals surface area contributed by atoms with E-state index in [1.54, 1.807) is 12.1 Å². The zero-order chi connectivity index (χ0) is 13.4. The van der Waals surface area contributed by atoms with Crippen LogP contribution >= 0.6 is 15.9 Å². The Balaban J connectivity index is 2.27. The number of aromatic amines is 1. The van der Waals surface area contributed by atoms with Crippen LogP contribution in [-0.4, -0.2) is 9.97 Å². The number of para-hydroxylation sites is 1. The minimum Gasteiger partial charge on any atom is -0.338 e. The van der Waals surface area contributed by atoms with Gasteiger partial charge in [0, 0.05) is 11.0 Å². The van der Waals surface area contributed by atoms with Gasteiger partial charge in [-0.15, -0.1) is 0 Å². The standard InChI is InChI=1S/C14H11BrFN3/c15-9-4-2-5-10(16)12(9)14-18-11-6-1-3-8(7-17)13(11)19-14/h1-6H,7,17H2,(H,18,19). The summed E-state index contributed by atoms with van der Waals surface area (Å²) in [5.74, 6) is 0.184. The van der Waals surface area contributed by atoms with Gasteiger partial charge in [0.05, 0.1) is 16.6 Å². The highest BCUT2D eigenvalue weighted by Crippen LogP contribution is 2.30. The number of H-pyrrole nitrogens is 1. The summed E-state index contributed by atoms with van der Waals surface area (Å²) < 4.78 is 14.6. The maximum Gasteiger partial charge on any atom is 0.142 e. The Labute approximate surface area is 117 Å². The summed E-state index contributed by atoms with van der Waals surface area (Å²) in [4.78, 5) is 7.60. The van der Waals surface area contributed by atoms with Crippen molar-refractivity contribution in [3.63, 3.8) is 0 Å². The van der Waals surface area contributed by atoms with E-state index in [9.17, 15) is 4.39 Å². The smallest absolute Gasteiger partial charge is 0.142 e. The Morgan fingerprint density at radius 2 is 2.00 bits per heavy atom. The van der Waals surface area contributed by atoms with Crippen molar-refractivity contribution in [1.29, 1.82) is 0 Å². The monoisotopic (exact) mass is 319 g/mol. The fourth-order valence-corrected chi connectivity index (χ4v) is 2.63. The lowest BCUT2D eigenvalue weighted by atomic mass is 10.2. The lowest BCUT2D eigenvalue weighted by molar-refractivity contribution is 0.629. The van der Waals surface area contributed by atoms with Crippen LogP contribution in [0.5, 0.6) is 0 Å². The maximum absolute atomic E-state index is 13.9. The van der Waals surface area contributed by atoms with Crippen molar-refractivity contribution >= 4 is 27.0 Å². The molecule has 0 spiro atoms. The second-order valence-corrected chi connectivity index (χ2v) is 5.05. The number of halogens is 2. The average molecular weight is 320 g/mol. The van der Waals surface area contributed by atoms with E-state index in [-0.39, 0.29) is 5.82 Å². The quantitative estimate of drug-likeness (QED) is 0.758. The highest BCUT2D eigenvalue weighted by Gasteiger charge is 2.14. The number of rotatable bonds is 2. The third-order valence-corrected chi connectivity index (χ3v) is 3.68. The van der Waals surface area contributed by atoms with Gasteiger partial charge in [0.15, 0.2) is 0 Å². The fourth-order valence-electron chi connectivity index (χ4n) is 2.10. The van der Waals surface area contributed by atoms with Crippen molar-refractivity contribution < 1.29 is 4.39 Å². The molecule has 3 N–H and O–H groups in total. The molecule has 3 rings (SSSR count). The van der Waals surface area contributed by atoms with Crippen molar-refractivity contribution in [3.05, 3.63) is 52.3 Å². The van der Waals surface area contributed by atoms with Gasteiger partial charge in [0.1, 0.15) is 11.6 Å². The molecule has 0 atom stereocenters. The van der Waals surface area contributed by atoms with Gasteiger partial charge in [0.25, 0.3) is 0 Å². The maximum atomic E-state index is 13.9. The summed E-state index contributed by atoms with van der Waals surface area (Å²) in [7, 11) is 0. The number of benzene rings is 2. The first kappa shape index (κ1) is 12.3. The van der Waals surface area contributed by atoms with Gasteiger partial charge in [0.2, 0.25) is 0 Å². The SMILES string of the molecule is NCc1cccc2[nH]c(-c3c(F)cccc3Br)nc12. The van der Waals surface area contributed by atoms with Crippen LogP contribution in [0.1, 0.15) is 5.56 Å². The summed E-state index contributed by atoms with van der Waals surface area (Å²) in [5.41, 5.74) is 8.70. The fraction of sp³-hybridized carbons (Fsp3) is 0.0714. The molecule has 0 bridgehead atoms. The summed E-state index contributed by atoms with van der Waals surface area (Å²) in [6, 6.07) is 10.6. The Morgan fingerprint density at radius 3 is 2.74 bits per heavy atom. The second-order valence-electron chi connectivity index (χ2n) is 4.20. The molecule has 96 valence electrons. The minimum atomic E-state index is -0.317. The molecule has 1 heterocycles. The highest BCUT2D eigenvalue weighted by atomic mass is 79.9. The predicted molar refractivity (Wildman–Crippen MR) is 77.1 cm³/mol. The lowest BCUT2D eigenvalue weighted by Crippen LogP contribution is -1.96. The number of imidazole rings is 1. The zero-order valence-corrected chi connectivity index (χ0v) is 11.5. The molecule has 1 aromatic heterocycles. The van der Waals surface area contributed by atoms with Crippen molar-refractivity contribution in [3.8, 4) is 11.4 Å². The van der Waals surface area contributed by atoms with E-state index in [1.807, 2.05) is 18.2 Å². The summed E-state index contributed by atoms with van der Waals surface area (Å²) in [6.07, 6.45) is 0. The van der Waals surface area contributed by atoms with Crippen LogP contribution in [0.2, 0.25) is 0 Å². The van der Waals surface area contributed by atoms with Gasteiger partial charge in [-0.2, -0.15) is 0 Å². The Bertz CT molecular complexity index is 731. The lowest BCUT2D eigenvalue weighted by Gasteiger charge is -2.01. The Hall–Kier alpha value is -1.72. The summed E-state index contributed by atoms with van der Waals surface area (Å²) in [5, 5.41) is 0. The number of nitrogens with zero attached hydrogens (tertiary/aromatic N) is 1. The Kier molecular flexibility index (Phi) is 3.08. The Morgan fingerprint density at radius 1 is 1.21 bits per heavy atom. The van der Waals surface area contributed by atoms with E-state index in [0.29, 0.717) is 22.4 Å². The third kappa shape index (κ3) is 2.05. The number of fused-ring (bicyclic) bond motifs is 1. The number of hydrogen-bond donors (Lipinski definition) is 2. The largest absolute Gasteiger partial charge is 0.338 e. The number of nitrogens with one attached hydrogen (secondary N) is 1. The van der Waals surface area contributed by atoms with Gasteiger partial charge in [-0.05, 0) is 39.7 Å². The normalized spacial score (nSPS) is 11.1. The van der Waals surface area contributed by atoms with Gasteiger partial charge >= 0.3 is 0 Å². The minimum absolute atomic E-state index is 0.317. The first-order valence-corrected chi connectivity index (χ1v) is 6.62. The van der Waals surface area contributed by atoms with Crippen LogP contribution in [0.15, 0.2) is 40.9 Å². The van der Waals surface area contributed by atoms with Gasteiger partial charge in [-0.1, -0.05) is 18.2 Å². The van der Waals surface area contributed by atoms with Crippen molar-refractivity contribution in [2.24, 2.45) is 5.73 Å². The molecule has 0 saturated heterocycles. The van der Waals surface area contributed by atoms with Crippen LogP contribution in [0.25, 0.3) is 22.4 Å². The summed E-state index contributed by atoms with van der Waals surface area (Å²) >= 11 is 3.35. The van der Waals surface area contributed by atoms with Crippen LogP contribution in [0.3, 0.4) is 0 Å². The average Bonchev–Trinajstić information content (AvgIpc) is 2.81. The molecule has 0 aliphatic carbocycles. The third-order valence-electron chi connectivity index (χ3n) is 3.02. The highest BCUT2D eigenvalue weighted by molar-refractivity contribution is 9.10. The second kappa shape index (κ2) is 4.75. The molecule has 0 aliphatic rings. The number of aromatic nitrogens is 2. The van der Waals surface area contributed by atoms with Crippen molar-refractivity contribution in [2.75, 3.05) is 0 Å². The molecule has 19 heavy (non-hydrogen) atoms. The van der Waals surface area contributed by atoms with Crippen LogP contribution in [0.4, 0.5) is 4.39 Å². The molecule has 0 aliphatic heterocycles. The molecule has 0 radical (unpaired) electrons. The van der Waals surface area contributed by atoms with Crippen LogP contribution in [0, 0.1) is 5.82 Å². The molecular formula is C14H11BrFN3. The molecule has 5 heteroatoms. The molecule has 0 fully saturated rings. The molecule has 3 nitrogen and oxygen atoms in total. The molecule has 0 amide bonds. The summed E-state index contributed by atoms with van der Waals surface area (Å²) in [6.45, 7) is 0.403. The zero-order valence-electron chi connectivity index (χ0n) is 9.95. The van der Waals surface area contributed by atoms with Gasteiger partial charge in [-0.25, -0.2) is 9.37 Å². The molecule has 0 saturated carbocycles. The van der Waals surface area contributed by atoms with Gasteiger partial charge in [-0.3, -0.25) is 0 Å². The van der Waals surface area contributed by atoms with E-state index in [2.05, 4.69) is 25.9 Å². The first-order chi connectivity index (χ1) is 9.20. The van der Waals surface area contributed by atoms with Crippen molar-refractivity contribution in [2.45, 2.75) is 6.54 Å². The van der Waals surface area contributed by atoms with Crippen molar-refractivity contribution in [1.82, 2.24) is 9.97 Å². The molecular weight excluding hydrogens is 309 g/mol. The number of nitrogens with two attached hydrogens (primary N) is 1. The van der Waals surface area contributed by atoms with E-state index < -0.39 is 0 Å².